The van der Waals surface area contributed by atoms with E-state index < -0.39 is 16.7 Å². The molecule has 0 fully saturated rings. The quantitative estimate of drug-likeness (QED) is 0.441. The van der Waals surface area contributed by atoms with Crippen molar-refractivity contribution in [1.82, 2.24) is 0 Å². The van der Waals surface area contributed by atoms with Gasteiger partial charge in [-0.25, -0.2) is 0 Å². The minimum atomic E-state index is -0.648. The molecule has 0 unspecified atom stereocenters. The number of hydrogen-bond acceptors (Lipinski definition) is 6. The molecule has 140 valence electrons. The Labute approximate surface area is 155 Å². The van der Waals surface area contributed by atoms with Gasteiger partial charge in [-0.15, -0.1) is 0 Å². The van der Waals surface area contributed by atoms with Crippen molar-refractivity contribution in [3.8, 4) is 0 Å². The molecule has 0 bridgehead atoms. The lowest BCUT2D eigenvalue weighted by Gasteiger charge is -2.08. The van der Waals surface area contributed by atoms with Crippen LogP contribution in [0.4, 0.5) is 17.1 Å². The lowest BCUT2D eigenvalue weighted by atomic mass is 10.1. The smallest absolute Gasteiger partial charge is 0.271 e. The summed E-state index contributed by atoms with van der Waals surface area (Å²) in [6.07, 6.45) is 0.837. The summed E-state index contributed by atoms with van der Waals surface area (Å²) < 4.78 is 0. The summed E-state index contributed by atoms with van der Waals surface area (Å²) in [7, 11) is 0. The Morgan fingerprint density at radius 2 is 1.96 bits per heavy atom. The lowest BCUT2D eigenvalue weighted by molar-refractivity contribution is -0.384. The van der Waals surface area contributed by atoms with Gasteiger partial charge in [-0.05, 0) is 37.1 Å². The first kappa shape index (κ1) is 19.6. The SMILES string of the molecule is Cc1ccc(C)c(NC(=O)CO/N=C\C(=O)Nc2cccc([N+](=O)[O-])c2)c1. The van der Waals surface area contributed by atoms with E-state index in [4.69, 9.17) is 4.84 Å². The lowest BCUT2D eigenvalue weighted by Crippen LogP contribution is -2.18. The van der Waals surface area contributed by atoms with Crippen LogP contribution in [0.5, 0.6) is 0 Å². The molecule has 0 aliphatic heterocycles. The van der Waals surface area contributed by atoms with Crippen molar-refractivity contribution >= 4 is 35.1 Å². The van der Waals surface area contributed by atoms with Crippen LogP contribution in [0.1, 0.15) is 11.1 Å². The van der Waals surface area contributed by atoms with E-state index in [1.54, 1.807) is 0 Å². The summed E-state index contributed by atoms with van der Waals surface area (Å²) in [6.45, 7) is 3.41. The average Bonchev–Trinajstić information content (AvgIpc) is 2.62. The van der Waals surface area contributed by atoms with Crippen molar-refractivity contribution < 1.29 is 19.3 Å². The molecule has 0 saturated heterocycles. The summed E-state index contributed by atoms with van der Waals surface area (Å²) in [5, 5.41) is 19.2. The van der Waals surface area contributed by atoms with E-state index in [2.05, 4.69) is 15.8 Å². The molecule has 0 aliphatic carbocycles. The molecule has 9 nitrogen and oxygen atoms in total. The molecule has 27 heavy (non-hydrogen) atoms. The van der Waals surface area contributed by atoms with Gasteiger partial charge in [0.15, 0.2) is 6.61 Å². The third kappa shape index (κ3) is 6.24. The van der Waals surface area contributed by atoms with Crippen molar-refractivity contribution in [3.63, 3.8) is 0 Å². The Morgan fingerprint density at radius 3 is 2.70 bits per heavy atom. The van der Waals surface area contributed by atoms with Crippen LogP contribution in [0.2, 0.25) is 0 Å². The van der Waals surface area contributed by atoms with Gasteiger partial charge in [0.05, 0.1) is 4.92 Å². The number of nitrogens with one attached hydrogen (secondary N) is 2. The van der Waals surface area contributed by atoms with Gasteiger partial charge in [-0.2, -0.15) is 0 Å². The Kier molecular flexibility index (Phi) is 6.59. The van der Waals surface area contributed by atoms with Gasteiger partial charge in [-0.1, -0.05) is 23.4 Å². The molecule has 2 N–H and O–H groups in total. The molecule has 0 saturated carbocycles. The molecule has 0 radical (unpaired) electrons. The number of non-ortho nitro benzene ring substituents is 1. The average molecular weight is 370 g/mol. The molecule has 0 heterocycles. The van der Waals surface area contributed by atoms with E-state index in [1.165, 1.54) is 24.3 Å². The zero-order valence-electron chi connectivity index (χ0n) is 14.8. The van der Waals surface area contributed by atoms with Crippen LogP contribution < -0.4 is 10.6 Å². The molecule has 2 rings (SSSR count). The minimum Gasteiger partial charge on any atom is -0.385 e. The van der Waals surface area contributed by atoms with Crippen LogP contribution in [-0.2, 0) is 14.4 Å². The second-order valence-electron chi connectivity index (χ2n) is 5.67. The fraction of sp³-hybridized carbons (Fsp3) is 0.167. The highest BCUT2D eigenvalue weighted by molar-refractivity contribution is 6.31. The first-order valence-corrected chi connectivity index (χ1v) is 7.93. The van der Waals surface area contributed by atoms with Gasteiger partial charge >= 0.3 is 0 Å². The van der Waals surface area contributed by atoms with Crippen LogP contribution in [-0.4, -0.2) is 29.6 Å². The number of rotatable bonds is 7. The minimum absolute atomic E-state index is 0.149. The van der Waals surface area contributed by atoms with E-state index in [0.29, 0.717) is 5.69 Å². The largest absolute Gasteiger partial charge is 0.385 e. The van der Waals surface area contributed by atoms with E-state index in [9.17, 15) is 19.7 Å². The number of benzene rings is 2. The molecule has 0 atom stereocenters. The number of carbonyl (C=O) groups excluding carboxylic acids is 2. The molecule has 0 aliphatic rings. The summed E-state index contributed by atoms with van der Waals surface area (Å²) in [6, 6.07) is 11.1. The van der Waals surface area contributed by atoms with Gasteiger partial charge in [-0.3, -0.25) is 19.7 Å². The molecule has 0 aromatic heterocycles. The van der Waals surface area contributed by atoms with Crippen molar-refractivity contribution in [2.75, 3.05) is 17.2 Å². The second kappa shape index (κ2) is 9.09. The molecular formula is C18H18N4O5. The van der Waals surface area contributed by atoms with Crippen LogP contribution in [0, 0.1) is 24.0 Å². The number of nitro benzene ring substituents is 1. The fourth-order valence-corrected chi connectivity index (χ4v) is 2.11. The number of amides is 2. The van der Waals surface area contributed by atoms with Crippen molar-refractivity contribution in [1.29, 1.82) is 0 Å². The third-order valence-electron chi connectivity index (χ3n) is 3.43. The molecular weight excluding hydrogens is 352 g/mol. The molecule has 2 aromatic rings. The highest BCUT2D eigenvalue weighted by Crippen LogP contribution is 2.17. The predicted molar refractivity (Wildman–Crippen MR) is 101 cm³/mol. The zero-order valence-corrected chi connectivity index (χ0v) is 14.8. The van der Waals surface area contributed by atoms with E-state index in [0.717, 1.165) is 17.3 Å². The van der Waals surface area contributed by atoms with Crippen molar-refractivity contribution in [2.45, 2.75) is 13.8 Å². The summed E-state index contributed by atoms with van der Waals surface area (Å²) in [4.78, 5) is 38.5. The Morgan fingerprint density at radius 1 is 1.19 bits per heavy atom. The van der Waals surface area contributed by atoms with Crippen LogP contribution in [0.3, 0.4) is 0 Å². The number of aryl methyl sites for hydroxylation is 2. The van der Waals surface area contributed by atoms with Crippen molar-refractivity contribution in [2.24, 2.45) is 5.16 Å². The summed E-state index contributed by atoms with van der Waals surface area (Å²) in [5.74, 6) is -1.06. The maximum absolute atomic E-state index is 11.8. The topological polar surface area (TPSA) is 123 Å². The van der Waals surface area contributed by atoms with E-state index >= 15 is 0 Å². The second-order valence-corrected chi connectivity index (χ2v) is 5.67. The fourth-order valence-electron chi connectivity index (χ4n) is 2.11. The summed E-state index contributed by atoms with van der Waals surface area (Å²) in [5.41, 5.74) is 2.69. The van der Waals surface area contributed by atoms with Gasteiger partial charge in [0.2, 0.25) is 0 Å². The number of nitro groups is 1. The van der Waals surface area contributed by atoms with Gasteiger partial charge in [0, 0.05) is 23.5 Å². The normalized spacial score (nSPS) is 10.4. The van der Waals surface area contributed by atoms with Crippen LogP contribution >= 0.6 is 0 Å². The Hall–Kier alpha value is -3.75. The van der Waals surface area contributed by atoms with E-state index in [1.807, 2.05) is 32.0 Å². The van der Waals surface area contributed by atoms with Crippen LogP contribution in [0.25, 0.3) is 0 Å². The molecule has 0 spiro atoms. The van der Waals surface area contributed by atoms with Gasteiger partial charge in [0.25, 0.3) is 17.5 Å². The van der Waals surface area contributed by atoms with Gasteiger partial charge < -0.3 is 15.5 Å². The standard InChI is InChI=1S/C18H18N4O5/c1-12-6-7-13(2)16(8-12)21-18(24)11-27-19-10-17(23)20-14-4-3-5-15(9-14)22(25)26/h3-10H,11H2,1-2H3,(H,20,23)(H,21,24)/b19-10-. The third-order valence-corrected chi connectivity index (χ3v) is 3.43. The van der Waals surface area contributed by atoms with Crippen molar-refractivity contribution in [3.05, 3.63) is 63.7 Å². The highest BCUT2D eigenvalue weighted by atomic mass is 16.6. The number of oxime groups is 1. The molecule has 2 aromatic carbocycles. The maximum atomic E-state index is 11.8. The van der Waals surface area contributed by atoms with E-state index in [-0.39, 0.29) is 18.0 Å². The number of carbonyl (C=O) groups is 2. The number of nitrogens with zero attached hydrogens (tertiary/aromatic N) is 2. The predicted octanol–water partition coefficient (Wildman–Crippen LogP) is 2.79. The first-order chi connectivity index (χ1) is 12.8. The Balaban J connectivity index is 1.80. The zero-order chi connectivity index (χ0) is 19.8. The first-order valence-electron chi connectivity index (χ1n) is 7.93. The number of hydrogen-bond donors (Lipinski definition) is 2. The van der Waals surface area contributed by atoms with Gasteiger partial charge in [0.1, 0.15) is 6.21 Å². The monoisotopic (exact) mass is 370 g/mol. The maximum Gasteiger partial charge on any atom is 0.271 e. The summed E-state index contributed by atoms with van der Waals surface area (Å²) >= 11 is 0. The van der Waals surface area contributed by atoms with Crippen LogP contribution in [0.15, 0.2) is 47.6 Å². The molecule has 9 heteroatoms. The highest BCUT2D eigenvalue weighted by Gasteiger charge is 2.08. The Bertz CT molecular complexity index is 895. The number of anilines is 2. The molecule has 2 amide bonds.